The van der Waals surface area contributed by atoms with Gasteiger partial charge in [0.1, 0.15) is 5.69 Å². The summed E-state index contributed by atoms with van der Waals surface area (Å²) in [6.45, 7) is 1.84. The standard InChI is InChI=1S/C30H33ClF2N4O3/c31-20-15-22(25(26(32)33)34-16-20)27(38)35-21-9-5-18(6-10-21)17-37-24-4-2-1-3-23(24)30(29(37)40)11-13-36(14-12-30)28(39)19-7-8-19/h1-4,15-16,18-19,21,26H,5-14,17H2,(H,35,38). The normalized spacial score (nSPS) is 23.9. The van der Waals surface area contributed by atoms with Crippen LogP contribution in [-0.2, 0) is 15.0 Å². The summed E-state index contributed by atoms with van der Waals surface area (Å²) < 4.78 is 26.7. The number of nitrogens with zero attached hydrogens (tertiary/aromatic N) is 3. The molecule has 0 unspecified atom stereocenters. The van der Waals surface area contributed by atoms with Crippen molar-refractivity contribution in [2.24, 2.45) is 11.8 Å². The molecule has 3 heterocycles. The average Bonchev–Trinajstić information content (AvgIpc) is 3.79. The van der Waals surface area contributed by atoms with Crippen LogP contribution in [0.2, 0.25) is 5.02 Å². The number of pyridine rings is 1. The third kappa shape index (κ3) is 4.97. The van der Waals surface area contributed by atoms with Gasteiger partial charge in [-0.05, 0) is 75.0 Å². The Labute approximate surface area is 237 Å². The highest BCUT2D eigenvalue weighted by atomic mass is 35.5. The maximum Gasteiger partial charge on any atom is 0.281 e. The molecule has 1 saturated heterocycles. The first-order valence-corrected chi connectivity index (χ1v) is 14.6. The molecule has 0 radical (unpaired) electrons. The molecule has 2 aliphatic carbocycles. The number of rotatable bonds is 6. The Morgan fingerprint density at radius 1 is 1.07 bits per heavy atom. The van der Waals surface area contributed by atoms with E-state index in [0.717, 1.165) is 43.1 Å². The van der Waals surface area contributed by atoms with Crippen LogP contribution >= 0.6 is 11.6 Å². The zero-order valence-corrected chi connectivity index (χ0v) is 23.0. The summed E-state index contributed by atoms with van der Waals surface area (Å²) in [6.07, 6.45) is 4.51. The van der Waals surface area contributed by atoms with Crippen molar-refractivity contribution >= 4 is 35.0 Å². The van der Waals surface area contributed by atoms with E-state index >= 15 is 0 Å². The third-order valence-electron chi connectivity index (χ3n) is 9.18. The fourth-order valence-corrected chi connectivity index (χ4v) is 6.93. The number of para-hydroxylation sites is 1. The Bertz CT molecular complexity index is 1320. The zero-order valence-electron chi connectivity index (χ0n) is 22.3. The number of carbonyl (C=O) groups is 3. The van der Waals surface area contributed by atoms with Crippen LogP contribution in [0.5, 0.6) is 0 Å². The Morgan fingerprint density at radius 2 is 1.77 bits per heavy atom. The predicted octanol–water partition coefficient (Wildman–Crippen LogP) is 5.28. The van der Waals surface area contributed by atoms with E-state index in [2.05, 4.69) is 16.4 Å². The summed E-state index contributed by atoms with van der Waals surface area (Å²) in [4.78, 5) is 46.9. The van der Waals surface area contributed by atoms with Crippen LogP contribution in [0.4, 0.5) is 14.5 Å². The van der Waals surface area contributed by atoms with Crippen LogP contribution < -0.4 is 10.2 Å². The molecule has 1 aromatic carbocycles. The van der Waals surface area contributed by atoms with Gasteiger partial charge in [-0.2, -0.15) is 0 Å². The molecule has 2 aromatic rings. The summed E-state index contributed by atoms with van der Waals surface area (Å²) in [5.74, 6) is 0.236. The van der Waals surface area contributed by atoms with Crippen molar-refractivity contribution in [3.05, 3.63) is 58.4 Å². The molecular formula is C30H33ClF2N4O3. The number of anilines is 1. The lowest BCUT2D eigenvalue weighted by molar-refractivity contribution is -0.136. The molecule has 1 N–H and O–H groups in total. The average molecular weight is 571 g/mol. The van der Waals surface area contributed by atoms with E-state index in [1.165, 1.54) is 6.07 Å². The molecule has 4 aliphatic rings. The van der Waals surface area contributed by atoms with E-state index in [4.69, 9.17) is 11.6 Å². The lowest BCUT2D eigenvalue weighted by atomic mass is 9.73. The topological polar surface area (TPSA) is 82.6 Å². The minimum atomic E-state index is -2.87. The predicted molar refractivity (Wildman–Crippen MR) is 146 cm³/mol. The second-order valence-electron chi connectivity index (χ2n) is 11.7. The Hall–Kier alpha value is -3.07. The van der Waals surface area contributed by atoms with Crippen molar-refractivity contribution in [3.8, 4) is 0 Å². The lowest BCUT2D eigenvalue weighted by Gasteiger charge is -2.39. The molecule has 2 aliphatic heterocycles. The van der Waals surface area contributed by atoms with Gasteiger partial charge in [0.15, 0.2) is 0 Å². The second kappa shape index (κ2) is 10.7. The zero-order chi connectivity index (χ0) is 28.0. The number of fused-ring (bicyclic) bond motifs is 2. The number of piperidine rings is 1. The van der Waals surface area contributed by atoms with E-state index in [1.54, 1.807) is 0 Å². The molecule has 212 valence electrons. The van der Waals surface area contributed by atoms with Gasteiger partial charge in [0.2, 0.25) is 11.8 Å². The van der Waals surface area contributed by atoms with E-state index in [1.807, 2.05) is 28.0 Å². The van der Waals surface area contributed by atoms with Crippen LogP contribution in [0.3, 0.4) is 0 Å². The summed E-state index contributed by atoms with van der Waals surface area (Å²) in [5, 5.41) is 3.02. The largest absolute Gasteiger partial charge is 0.349 e. The number of amides is 3. The number of aromatic nitrogens is 1. The van der Waals surface area contributed by atoms with Crippen LogP contribution in [0.15, 0.2) is 36.5 Å². The van der Waals surface area contributed by atoms with Gasteiger partial charge in [-0.3, -0.25) is 19.4 Å². The molecule has 0 bridgehead atoms. The lowest BCUT2D eigenvalue weighted by Crippen LogP contribution is -2.51. The molecule has 7 nitrogen and oxygen atoms in total. The number of benzene rings is 1. The number of nitrogens with one attached hydrogen (secondary N) is 1. The van der Waals surface area contributed by atoms with Gasteiger partial charge in [-0.25, -0.2) is 8.78 Å². The number of hydrogen-bond acceptors (Lipinski definition) is 4. The molecule has 1 aromatic heterocycles. The van der Waals surface area contributed by atoms with Gasteiger partial charge >= 0.3 is 0 Å². The first-order valence-electron chi connectivity index (χ1n) is 14.2. The van der Waals surface area contributed by atoms with Gasteiger partial charge < -0.3 is 15.1 Å². The number of hydrogen-bond donors (Lipinski definition) is 1. The van der Waals surface area contributed by atoms with E-state index in [9.17, 15) is 23.2 Å². The van der Waals surface area contributed by atoms with Crippen LogP contribution in [0, 0.1) is 11.8 Å². The van der Waals surface area contributed by atoms with Crippen LogP contribution in [-0.4, -0.2) is 53.3 Å². The molecule has 3 fully saturated rings. The van der Waals surface area contributed by atoms with Crippen LogP contribution in [0.1, 0.15) is 79.4 Å². The maximum absolute atomic E-state index is 14.0. The van der Waals surface area contributed by atoms with Gasteiger partial charge in [0.05, 0.1) is 16.0 Å². The summed E-state index contributed by atoms with van der Waals surface area (Å²) >= 11 is 5.91. The molecule has 40 heavy (non-hydrogen) atoms. The van der Waals surface area contributed by atoms with Crippen molar-refractivity contribution in [2.45, 2.75) is 69.2 Å². The SMILES string of the molecule is O=C(NC1CCC(CN2C(=O)C3(CCN(C(=O)C4CC4)CC3)c3ccccc32)CC1)c1cc(Cl)cnc1C(F)F. The smallest absolute Gasteiger partial charge is 0.281 e. The monoisotopic (exact) mass is 570 g/mol. The van der Waals surface area contributed by atoms with E-state index < -0.39 is 23.4 Å². The molecule has 10 heteroatoms. The summed E-state index contributed by atoms with van der Waals surface area (Å²) in [6, 6.07) is 9.13. The molecule has 1 spiro atoms. The van der Waals surface area contributed by atoms with Gasteiger partial charge in [-0.15, -0.1) is 0 Å². The fraction of sp³-hybridized carbons (Fsp3) is 0.533. The summed E-state index contributed by atoms with van der Waals surface area (Å²) in [7, 11) is 0. The van der Waals surface area contributed by atoms with Gasteiger partial charge in [0.25, 0.3) is 12.3 Å². The van der Waals surface area contributed by atoms with Crippen molar-refractivity contribution in [2.75, 3.05) is 24.5 Å². The highest BCUT2D eigenvalue weighted by Gasteiger charge is 2.53. The van der Waals surface area contributed by atoms with E-state index in [0.29, 0.717) is 45.3 Å². The van der Waals surface area contributed by atoms with Crippen LogP contribution in [0.25, 0.3) is 0 Å². The third-order valence-corrected chi connectivity index (χ3v) is 9.39. The Balaban J connectivity index is 1.09. The maximum atomic E-state index is 14.0. The first-order chi connectivity index (χ1) is 19.3. The molecule has 3 amide bonds. The molecular weight excluding hydrogens is 538 g/mol. The number of alkyl halides is 2. The fourth-order valence-electron chi connectivity index (χ4n) is 6.77. The van der Waals surface area contributed by atoms with Gasteiger partial charge in [0, 0.05) is 43.5 Å². The van der Waals surface area contributed by atoms with Crippen molar-refractivity contribution in [1.29, 1.82) is 0 Å². The summed E-state index contributed by atoms with van der Waals surface area (Å²) in [5.41, 5.74) is 0.704. The second-order valence-corrected chi connectivity index (χ2v) is 12.1. The first kappa shape index (κ1) is 27.1. The highest BCUT2D eigenvalue weighted by molar-refractivity contribution is 6.30. The number of halogens is 3. The Kier molecular flexibility index (Phi) is 7.27. The minimum absolute atomic E-state index is 0.131. The number of carbonyl (C=O) groups excluding carboxylic acids is 3. The van der Waals surface area contributed by atoms with Crippen molar-refractivity contribution in [1.82, 2.24) is 15.2 Å². The molecule has 0 atom stereocenters. The quantitative estimate of drug-likeness (QED) is 0.512. The minimum Gasteiger partial charge on any atom is -0.349 e. The van der Waals surface area contributed by atoms with Crippen molar-refractivity contribution in [3.63, 3.8) is 0 Å². The Morgan fingerprint density at radius 3 is 2.45 bits per heavy atom. The molecule has 6 rings (SSSR count). The van der Waals surface area contributed by atoms with Gasteiger partial charge in [-0.1, -0.05) is 29.8 Å². The van der Waals surface area contributed by atoms with E-state index in [-0.39, 0.29) is 40.3 Å². The molecule has 2 saturated carbocycles. The van der Waals surface area contributed by atoms with Crippen molar-refractivity contribution < 1.29 is 23.2 Å². The number of likely N-dealkylation sites (tertiary alicyclic amines) is 1. The highest BCUT2D eigenvalue weighted by Crippen LogP contribution is 2.49.